The summed E-state index contributed by atoms with van der Waals surface area (Å²) in [6.07, 6.45) is 24.5. The van der Waals surface area contributed by atoms with Crippen molar-refractivity contribution in [3.63, 3.8) is 0 Å². The summed E-state index contributed by atoms with van der Waals surface area (Å²) in [5, 5.41) is 62.8. The molecule has 24 nitrogen and oxygen atoms in total. The largest absolute Gasteiger partial charge is 0.497 e. The number of carbonyl (C=O) groups excluding carboxylic acids is 4. The van der Waals surface area contributed by atoms with E-state index in [9.17, 15) is 19.2 Å². The van der Waals surface area contributed by atoms with Crippen LogP contribution in [0.4, 0.5) is 0 Å². The fourth-order valence-corrected chi connectivity index (χ4v) is 12.3. The average Bonchev–Trinajstić information content (AvgIpc) is 1.64. The van der Waals surface area contributed by atoms with E-state index in [2.05, 4.69) is 62.1 Å². The van der Waals surface area contributed by atoms with Crippen molar-refractivity contribution in [1.82, 2.24) is 62.1 Å². The zero-order valence-corrected chi connectivity index (χ0v) is 61.3. The summed E-state index contributed by atoms with van der Waals surface area (Å²) in [6, 6.07) is 46.7. The van der Waals surface area contributed by atoms with Crippen LogP contribution in [0.2, 0.25) is 0 Å². The minimum atomic E-state index is -0.119. The molecule has 0 atom stereocenters. The molecule has 4 aromatic heterocycles. The molecule has 12 aromatic rings. The number of fused-ring (bicyclic) bond motifs is 4. The molecule has 4 heterocycles. The third-order valence-corrected chi connectivity index (χ3v) is 18.8. The summed E-state index contributed by atoms with van der Waals surface area (Å²) in [5.41, 5.74) is 14.2. The predicted molar refractivity (Wildman–Crippen MR) is 424 cm³/mol. The zero-order chi connectivity index (χ0) is 75.9. The molecule has 0 radical (unpaired) electrons. The fraction of sp³-hybridized carbons (Fsp3) is 0.247. The van der Waals surface area contributed by atoms with Gasteiger partial charge in [-0.25, -0.2) is 0 Å². The first kappa shape index (κ1) is 74.5. The van der Waals surface area contributed by atoms with Gasteiger partial charge in [0.15, 0.2) is 0 Å². The predicted octanol–water partition coefficient (Wildman–Crippen LogP) is 13.6. The number of benzene rings is 8. The van der Waals surface area contributed by atoms with Gasteiger partial charge in [-0.1, -0.05) is 97.1 Å². The first-order valence-electron chi connectivity index (χ1n) is 36.1. The maximum absolute atomic E-state index is 12.6. The van der Waals surface area contributed by atoms with Crippen molar-refractivity contribution in [2.75, 3.05) is 49.3 Å². The number of methoxy groups -OCH3 is 6. The number of amides is 4. The van der Waals surface area contributed by atoms with Gasteiger partial charge in [-0.15, -0.1) is 0 Å². The normalized spacial score (nSPS) is 13.9. The van der Waals surface area contributed by atoms with Gasteiger partial charge in [0, 0.05) is 30.8 Å². The van der Waals surface area contributed by atoms with Crippen LogP contribution in [-0.4, -0.2) is 148 Å². The van der Waals surface area contributed by atoms with Gasteiger partial charge in [-0.3, -0.25) is 39.6 Å². The molecule has 4 saturated carbocycles. The Balaban J connectivity index is 0.000000128. The number of aliphatic hydroxyl groups is 2. The Bertz CT molecular complexity index is 5200. The SMILES string of the molecule is COc1c(C(=O)NC2CC2)ccc2n[nH]c(/C=C/c3ccc(CCO)cc3)c12.COc1c(C(=O)NC2CC2)ccc2n[nH]c(/C=C/c3ccc(CO)cc3)c12.COc1ccc(/C=C/c2[nH]nc3ccc(C(=O)NC4CC4)c(OC)c23)cc1.COc1cccc(/C=C/c2[nH]nc3ccc(C(=O)NC4CC4)c(OC)c23)c1. The lowest BCUT2D eigenvalue weighted by molar-refractivity contribution is 0.0939. The molecule has 4 aliphatic rings. The number of hydrogen-bond donors (Lipinski definition) is 10. The number of ether oxygens (including phenoxy) is 6. The molecule has 8 aromatic carbocycles. The summed E-state index contributed by atoms with van der Waals surface area (Å²) in [4.78, 5) is 50.2. The molecule has 0 bridgehead atoms. The molecule has 16 rings (SSSR count). The fourth-order valence-electron chi connectivity index (χ4n) is 12.3. The summed E-state index contributed by atoms with van der Waals surface area (Å²) in [5.74, 6) is 3.28. The molecule has 24 heteroatoms. The van der Waals surface area contributed by atoms with Crippen LogP contribution in [0, 0.1) is 0 Å². The van der Waals surface area contributed by atoms with Crippen molar-refractivity contribution in [1.29, 1.82) is 0 Å². The van der Waals surface area contributed by atoms with E-state index in [1.165, 1.54) is 0 Å². The number of nitrogens with zero attached hydrogens (tertiary/aromatic N) is 4. The van der Waals surface area contributed by atoms with Crippen molar-refractivity contribution in [3.05, 3.63) is 224 Å². The van der Waals surface area contributed by atoms with E-state index in [1.54, 1.807) is 66.9 Å². The first-order valence-corrected chi connectivity index (χ1v) is 36.1. The van der Waals surface area contributed by atoms with Crippen molar-refractivity contribution >= 4 is 116 Å². The topological polar surface area (TPSA) is 327 Å². The smallest absolute Gasteiger partial charge is 0.255 e. The average molecular weight is 1470 g/mol. The van der Waals surface area contributed by atoms with Crippen LogP contribution >= 0.6 is 0 Å². The standard InChI is InChI=1S/C22H23N3O3.3C21H21N3O3/c1-28-21-17(22(27)23-16-7-8-16)9-11-19-20(21)18(24-25-19)10-6-14-2-4-15(5-3-14)12-13-26;1-26-15-8-3-13(4-9-15)5-11-17-19-18(24-23-17)12-10-16(20(19)27-2)21(25)22-14-6-7-14;1-26-15-5-3-4-13(12-15)6-10-17-19-18(24-23-17)11-9-16(20(19)27-2)21(25)22-14-7-8-14;1-27-20-16(21(26)22-15-7-8-15)9-11-18-19(20)17(23-24-18)10-6-13-2-4-14(12-25)5-3-13/h2-6,9-11,16,26H,7-8,12-13H2,1H3,(H,23,27)(H,24,25);3-5,8-12,14H,6-7H2,1-2H3,(H,22,25)(H,23,24);3-6,9-12,14H,7-8H2,1-2H3,(H,22,25)(H,23,24);2-6,9-11,15,25H,7-8,12H2,1H3,(H,22,26)(H,23,24)/b10-6+;11-5+;2*10-6+. The van der Waals surface area contributed by atoms with E-state index in [0.717, 1.165) is 163 Å². The third kappa shape index (κ3) is 18.4. The molecule has 558 valence electrons. The van der Waals surface area contributed by atoms with E-state index in [1.807, 2.05) is 170 Å². The van der Waals surface area contributed by atoms with E-state index < -0.39 is 0 Å². The molecule has 109 heavy (non-hydrogen) atoms. The summed E-state index contributed by atoms with van der Waals surface area (Å²) < 4.78 is 32.8. The molecular formula is C85H86N12O12. The molecule has 0 saturated heterocycles. The van der Waals surface area contributed by atoms with Gasteiger partial charge in [-0.2, -0.15) is 20.4 Å². The Hall–Kier alpha value is -12.8. The molecule has 0 aliphatic heterocycles. The maximum atomic E-state index is 12.6. The Labute approximate surface area is 629 Å². The second-order valence-electron chi connectivity index (χ2n) is 26.7. The van der Waals surface area contributed by atoms with Gasteiger partial charge in [0.05, 0.1) is 138 Å². The number of aromatic amines is 4. The molecule has 4 aliphatic carbocycles. The van der Waals surface area contributed by atoms with Gasteiger partial charge in [0.2, 0.25) is 0 Å². The second-order valence-corrected chi connectivity index (χ2v) is 26.7. The highest BCUT2D eigenvalue weighted by molar-refractivity contribution is 6.09. The van der Waals surface area contributed by atoms with Gasteiger partial charge in [0.25, 0.3) is 23.6 Å². The van der Waals surface area contributed by atoms with E-state index in [0.29, 0.717) is 51.7 Å². The number of H-pyrrole nitrogens is 4. The molecule has 4 fully saturated rings. The minimum absolute atomic E-state index is 0.0259. The summed E-state index contributed by atoms with van der Waals surface area (Å²) >= 11 is 0. The zero-order valence-electron chi connectivity index (χ0n) is 61.3. The number of nitrogens with one attached hydrogen (secondary N) is 8. The van der Waals surface area contributed by atoms with Crippen LogP contribution in [0.3, 0.4) is 0 Å². The van der Waals surface area contributed by atoms with Crippen LogP contribution in [0.15, 0.2) is 146 Å². The van der Waals surface area contributed by atoms with Crippen LogP contribution in [0.1, 0.15) is 149 Å². The Morgan fingerprint density at radius 2 is 0.661 bits per heavy atom. The van der Waals surface area contributed by atoms with E-state index in [4.69, 9.17) is 38.6 Å². The van der Waals surface area contributed by atoms with Gasteiger partial charge >= 0.3 is 0 Å². The number of aliphatic hydroxyl groups excluding tert-OH is 2. The number of aromatic nitrogens is 8. The van der Waals surface area contributed by atoms with Crippen LogP contribution in [0.5, 0.6) is 34.5 Å². The molecule has 0 spiro atoms. The molecule has 0 unspecified atom stereocenters. The summed E-state index contributed by atoms with van der Waals surface area (Å²) in [6.45, 7) is 0.170. The van der Waals surface area contributed by atoms with E-state index in [-0.39, 0.29) is 61.0 Å². The maximum Gasteiger partial charge on any atom is 0.255 e. The lowest BCUT2D eigenvalue weighted by Gasteiger charge is -2.10. The van der Waals surface area contributed by atoms with Gasteiger partial charge in [0.1, 0.15) is 34.5 Å². The van der Waals surface area contributed by atoms with Gasteiger partial charge < -0.3 is 59.9 Å². The molecule has 4 amide bonds. The Kier molecular flexibility index (Phi) is 23.7. The first-order chi connectivity index (χ1) is 53.3. The quantitative estimate of drug-likeness (QED) is 0.0254. The third-order valence-electron chi connectivity index (χ3n) is 18.8. The molecular weight excluding hydrogens is 1380 g/mol. The Morgan fingerprint density at radius 1 is 0.358 bits per heavy atom. The highest BCUT2D eigenvalue weighted by Gasteiger charge is 2.31. The van der Waals surface area contributed by atoms with Crippen molar-refractivity contribution in [3.8, 4) is 34.5 Å². The lowest BCUT2D eigenvalue weighted by Crippen LogP contribution is -2.25. The van der Waals surface area contributed by atoms with Crippen LogP contribution in [-0.2, 0) is 13.0 Å². The van der Waals surface area contributed by atoms with Crippen molar-refractivity contribution in [2.45, 2.75) is 88.6 Å². The number of carbonyl (C=O) groups is 4. The van der Waals surface area contributed by atoms with Crippen molar-refractivity contribution < 1.29 is 57.8 Å². The van der Waals surface area contributed by atoms with E-state index >= 15 is 0 Å². The summed E-state index contributed by atoms with van der Waals surface area (Å²) in [7, 11) is 9.58. The Morgan fingerprint density at radius 3 is 0.945 bits per heavy atom. The van der Waals surface area contributed by atoms with Crippen LogP contribution in [0.25, 0.3) is 92.2 Å². The second kappa shape index (κ2) is 34.6. The highest BCUT2D eigenvalue weighted by atomic mass is 16.5. The van der Waals surface area contributed by atoms with Crippen molar-refractivity contribution in [2.24, 2.45) is 0 Å². The highest BCUT2D eigenvalue weighted by Crippen LogP contribution is 2.38. The number of hydrogen-bond acceptors (Lipinski definition) is 16. The minimum Gasteiger partial charge on any atom is -0.497 e. The monoisotopic (exact) mass is 1470 g/mol. The lowest BCUT2D eigenvalue weighted by atomic mass is 10.1. The number of rotatable bonds is 25. The van der Waals surface area contributed by atoms with Gasteiger partial charge in [-0.05, 0) is 188 Å². The van der Waals surface area contributed by atoms with Crippen LogP contribution < -0.4 is 49.7 Å². The molecule has 10 N–H and O–H groups in total.